The molecule has 0 amide bonds. The van der Waals surface area contributed by atoms with Crippen molar-refractivity contribution in [3.8, 4) is 5.75 Å². The molecule has 0 spiro atoms. The van der Waals surface area contributed by atoms with Crippen molar-refractivity contribution in [3.05, 3.63) is 29.8 Å². The molecule has 2 aliphatic heterocycles. The molecule has 4 nitrogen and oxygen atoms in total. The van der Waals surface area contributed by atoms with E-state index in [1.807, 2.05) is 12.1 Å². The van der Waals surface area contributed by atoms with E-state index in [1.54, 1.807) is 0 Å². The molecule has 3 rings (SSSR count). The molecule has 1 aromatic rings. The van der Waals surface area contributed by atoms with E-state index in [4.69, 9.17) is 14.2 Å². The van der Waals surface area contributed by atoms with Crippen LogP contribution in [0.4, 0.5) is 0 Å². The first-order valence-corrected chi connectivity index (χ1v) is 7.32. The van der Waals surface area contributed by atoms with Gasteiger partial charge in [-0.05, 0) is 19.9 Å². The average Bonchev–Trinajstić information content (AvgIpc) is 2.81. The molecular weight excluding hydrogens is 254 g/mol. The molecular formula is C16H23NO3. The highest BCUT2D eigenvalue weighted by Gasteiger charge is 2.29. The van der Waals surface area contributed by atoms with Crippen LogP contribution in [-0.2, 0) is 9.47 Å². The Bertz CT molecular complexity index is 461. The molecule has 2 aliphatic rings. The van der Waals surface area contributed by atoms with Crippen LogP contribution in [0, 0.1) is 0 Å². The van der Waals surface area contributed by atoms with E-state index in [0.717, 1.165) is 18.8 Å². The van der Waals surface area contributed by atoms with E-state index < -0.39 is 0 Å². The number of morpholine rings is 1. The molecule has 20 heavy (non-hydrogen) atoms. The molecule has 1 N–H and O–H groups in total. The zero-order valence-corrected chi connectivity index (χ0v) is 12.2. The molecule has 2 atom stereocenters. The van der Waals surface area contributed by atoms with Gasteiger partial charge in [-0.1, -0.05) is 18.2 Å². The predicted molar refractivity (Wildman–Crippen MR) is 77.3 cm³/mol. The van der Waals surface area contributed by atoms with Gasteiger partial charge in [-0.2, -0.15) is 0 Å². The van der Waals surface area contributed by atoms with Crippen molar-refractivity contribution >= 4 is 0 Å². The van der Waals surface area contributed by atoms with Crippen molar-refractivity contribution in [2.24, 2.45) is 0 Å². The van der Waals surface area contributed by atoms with Gasteiger partial charge in [0.15, 0.2) is 0 Å². The number of hydrogen-bond acceptors (Lipinski definition) is 4. The number of hydrogen-bond donors (Lipinski definition) is 1. The van der Waals surface area contributed by atoms with Gasteiger partial charge >= 0.3 is 0 Å². The normalized spacial score (nSPS) is 27.9. The largest absolute Gasteiger partial charge is 0.493 e. The molecule has 0 bridgehead atoms. The van der Waals surface area contributed by atoms with Gasteiger partial charge in [-0.3, -0.25) is 0 Å². The summed E-state index contributed by atoms with van der Waals surface area (Å²) in [4.78, 5) is 0. The van der Waals surface area contributed by atoms with Crippen LogP contribution in [0.1, 0.15) is 25.3 Å². The molecule has 0 saturated carbocycles. The van der Waals surface area contributed by atoms with Gasteiger partial charge in [0.2, 0.25) is 0 Å². The lowest BCUT2D eigenvalue weighted by Crippen LogP contribution is -2.51. The summed E-state index contributed by atoms with van der Waals surface area (Å²) < 4.78 is 17.5. The molecule has 1 aromatic carbocycles. The smallest absolute Gasteiger partial charge is 0.123 e. The number of nitrogens with one attached hydrogen (secondary N) is 1. The minimum Gasteiger partial charge on any atom is -0.493 e. The third kappa shape index (κ3) is 3.14. The number of para-hydroxylation sites is 1. The minimum atomic E-state index is -0.102. The second-order valence-corrected chi connectivity index (χ2v) is 6.21. The Morgan fingerprint density at radius 3 is 3.00 bits per heavy atom. The molecule has 110 valence electrons. The van der Waals surface area contributed by atoms with Crippen molar-refractivity contribution in [2.75, 3.05) is 32.9 Å². The minimum absolute atomic E-state index is 0.102. The fraction of sp³-hybridized carbons (Fsp3) is 0.625. The van der Waals surface area contributed by atoms with Crippen molar-refractivity contribution in [1.82, 2.24) is 5.32 Å². The van der Waals surface area contributed by atoms with E-state index in [1.165, 1.54) is 5.56 Å². The Balaban J connectivity index is 1.47. The second-order valence-electron chi connectivity index (χ2n) is 6.21. The molecule has 0 aromatic heterocycles. The van der Waals surface area contributed by atoms with Crippen LogP contribution in [0.25, 0.3) is 0 Å². The van der Waals surface area contributed by atoms with Gasteiger partial charge in [-0.25, -0.2) is 0 Å². The van der Waals surface area contributed by atoms with Crippen molar-refractivity contribution in [2.45, 2.75) is 31.5 Å². The summed E-state index contributed by atoms with van der Waals surface area (Å²) in [6, 6.07) is 8.20. The monoisotopic (exact) mass is 277 g/mol. The van der Waals surface area contributed by atoms with E-state index in [9.17, 15) is 0 Å². The van der Waals surface area contributed by atoms with Gasteiger partial charge in [0.05, 0.1) is 31.5 Å². The molecule has 2 unspecified atom stereocenters. The third-order valence-corrected chi connectivity index (χ3v) is 3.83. The van der Waals surface area contributed by atoms with Gasteiger partial charge < -0.3 is 19.5 Å². The Labute approximate surface area is 120 Å². The zero-order valence-electron chi connectivity index (χ0n) is 12.2. The maximum absolute atomic E-state index is 5.99. The molecule has 1 fully saturated rings. The lowest BCUT2D eigenvalue weighted by atomic mass is 10.0. The average molecular weight is 277 g/mol. The first kappa shape index (κ1) is 13.9. The molecule has 4 heteroatoms. The van der Waals surface area contributed by atoms with Crippen LogP contribution in [0.2, 0.25) is 0 Å². The summed E-state index contributed by atoms with van der Waals surface area (Å²) >= 11 is 0. The topological polar surface area (TPSA) is 39.7 Å². The Morgan fingerprint density at radius 2 is 2.15 bits per heavy atom. The summed E-state index contributed by atoms with van der Waals surface area (Å²) in [7, 11) is 0. The van der Waals surface area contributed by atoms with Crippen molar-refractivity contribution < 1.29 is 14.2 Å². The summed E-state index contributed by atoms with van der Waals surface area (Å²) in [5.74, 6) is 1.34. The summed E-state index contributed by atoms with van der Waals surface area (Å²) in [5.41, 5.74) is 1.16. The molecule has 2 heterocycles. The number of benzene rings is 1. The summed E-state index contributed by atoms with van der Waals surface area (Å²) in [6.45, 7) is 8.01. The van der Waals surface area contributed by atoms with Crippen LogP contribution in [-0.4, -0.2) is 44.6 Å². The quantitative estimate of drug-likeness (QED) is 0.913. The van der Waals surface area contributed by atoms with Crippen LogP contribution in [0.15, 0.2) is 24.3 Å². The van der Waals surface area contributed by atoms with Gasteiger partial charge in [-0.15, -0.1) is 0 Å². The second kappa shape index (κ2) is 5.72. The lowest BCUT2D eigenvalue weighted by molar-refractivity contribution is -0.121. The van der Waals surface area contributed by atoms with Crippen molar-refractivity contribution in [1.29, 1.82) is 0 Å². The Hall–Kier alpha value is -1.10. The number of rotatable bonds is 4. The highest BCUT2D eigenvalue weighted by Crippen LogP contribution is 2.33. The zero-order chi connectivity index (χ0) is 14.0. The molecule has 0 aliphatic carbocycles. The summed E-state index contributed by atoms with van der Waals surface area (Å²) in [5, 5.41) is 3.39. The maximum atomic E-state index is 5.99. The van der Waals surface area contributed by atoms with Gasteiger partial charge in [0.25, 0.3) is 0 Å². The standard InChI is InChI=1S/C16H23NO3/c1-16(2)11-17-7-13(20-16)10-18-8-12-9-19-15-6-4-3-5-14(12)15/h3-6,12-13,17H,7-11H2,1-2H3. The molecule has 0 radical (unpaired) electrons. The lowest BCUT2D eigenvalue weighted by Gasteiger charge is -2.36. The Kier molecular flexibility index (Phi) is 3.96. The van der Waals surface area contributed by atoms with Crippen LogP contribution >= 0.6 is 0 Å². The van der Waals surface area contributed by atoms with Gasteiger partial charge in [0, 0.05) is 24.6 Å². The number of fused-ring (bicyclic) bond motifs is 1. The van der Waals surface area contributed by atoms with E-state index in [0.29, 0.717) is 25.7 Å². The maximum Gasteiger partial charge on any atom is 0.123 e. The van der Waals surface area contributed by atoms with E-state index in [-0.39, 0.29) is 11.7 Å². The van der Waals surface area contributed by atoms with Crippen molar-refractivity contribution in [3.63, 3.8) is 0 Å². The van der Waals surface area contributed by atoms with Crippen LogP contribution in [0.5, 0.6) is 5.75 Å². The first-order chi connectivity index (χ1) is 9.64. The number of ether oxygens (including phenoxy) is 3. The summed E-state index contributed by atoms with van der Waals surface area (Å²) in [6.07, 6.45) is 0.135. The van der Waals surface area contributed by atoms with Crippen LogP contribution in [0.3, 0.4) is 0 Å². The van der Waals surface area contributed by atoms with E-state index in [2.05, 4.69) is 31.3 Å². The fourth-order valence-corrected chi connectivity index (χ4v) is 2.87. The van der Waals surface area contributed by atoms with Gasteiger partial charge in [0.1, 0.15) is 5.75 Å². The molecule has 1 saturated heterocycles. The fourth-order valence-electron chi connectivity index (χ4n) is 2.87. The highest BCUT2D eigenvalue weighted by atomic mass is 16.5. The first-order valence-electron chi connectivity index (χ1n) is 7.32. The van der Waals surface area contributed by atoms with E-state index >= 15 is 0 Å². The highest BCUT2D eigenvalue weighted by molar-refractivity contribution is 5.39. The SMILES string of the molecule is CC1(C)CNCC(COCC2COc3ccccc32)O1. The Morgan fingerprint density at radius 1 is 1.30 bits per heavy atom. The predicted octanol–water partition coefficient (Wildman–Crippen LogP) is 1.95. The van der Waals surface area contributed by atoms with Crippen LogP contribution < -0.4 is 10.1 Å². The third-order valence-electron chi connectivity index (χ3n) is 3.83.